The van der Waals surface area contributed by atoms with Crippen molar-refractivity contribution in [2.24, 2.45) is 11.3 Å². The van der Waals surface area contributed by atoms with Gasteiger partial charge in [-0.05, 0) is 43.4 Å². The third kappa shape index (κ3) is 4.97. The SMILES string of the molecule is CC(C)(C)C1CCCN(C(=O)CCCCO)CC1. The van der Waals surface area contributed by atoms with Crippen molar-refractivity contribution in [3.8, 4) is 0 Å². The van der Waals surface area contributed by atoms with Crippen LogP contribution in [0.3, 0.4) is 0 Å². The predicted molar refractivity (Wildman–Crippen MR) is 74.3 cm³/mol. The second-order valence-electron chi connectivity index (χ2n) is 6.56. The van der Waals surface area contributed by atoms with Crippen molar-refractivity contribution in [1.29, 1.82) is 0 Å². The molecule has 1 aliphatic heterocycles. The van der Waals surface area contributed by atoms with E-state index in [0.29, 0.717) is 11.8 Å². The van der Waals surface area contributed by atoms with Crippen LogP contribution in [0.1, 0.15) is 59.3 Å². The first kappa shape index (κ1) is 15.5. The minimum Gasteiger partial charge on any atom is -0.396 e. The number of rotatable bonds is 4. The highest BCUT2D eigenvalue weighted by Gasteiger charge is 2.28. The number of aliphatic hydroxyl groups is 1. The molecular weight excluding hydrogens is 226 g/mol. The Kier molecular flexibility index (Phi) is 6.13. The van der Waals surface area contributed by atoms with Crippen LogP contribution < -0.4 is 0 Å². The van der Waals surface area contributed by atoms with E-state index in [2.05, 4.69) is 20.8 Å². The van der Waals surface area contributed by atoms with E-state index in [1.54, 1.807) is 0 Å². The minimum atomic E-state index is 0.194. The maximum absolute atomic E-state index is 12.0. The van der Waals surface area contributed by atoms with Crippen LogP contribution in [0.5, 0.6) is 0 Å². The van der Waals surface area contributed by atoms with Gasteiger partial charge in [-0.25, -0.2) is 0 Å². The van der Waals surface area contributed by atoms with Gasteiger partial charge in [0, 0.05) is 26.1 Å². The highest BCUT2D eigenvalue weighted by atomic mass is 16.3. The fraction of sp³-hybridized carbons (Fsp3) is 0.933. The Balaban J connectivity index is 2.39. The second-order valence-corrected chi connectivity index (χ2v) is 6.56. The molecule has 1 amide bonds. The van der Waals surface area contributed by atoms with E-state index >= 15 is 0 Å². The molecule has 0 aromatic heterocycles. The van der Waals surface area contributed by atoms with E-state index in [1.165, 1.54) is 6.42 Å². The summed E-state index contributed by atoms with van der Waals surface area (Å²) in [5, 5.41) is 8.73. The van der Waals surface area contributed by atoms with Gasteiger partial charge in [0.15, 0.2) is 0 Å². The van der Waals surface area contributed by atoms with Crippen LogP contribution in [0.15, 0.2) is 0 Å². The highest BCUT2D eigenvalue weighted by Crippen LogP contribution is 2.34. The maximum atomic E-state index is 12.0. The molecule has 18 heavy (non-hydrogen) atoms. The lowest BCUT2D eigenvalue weighted by atomic mass is 9.77. The number of nitrogens with zero attached hydrogens (tertiary/aromatic N) is 1. The molecule has 0 bridgehead atoms. The molecule has 0 saturated carbocycles. The van der Waals surface area contributed by atoms with E-state index in [0.717, 1.165) is 44.7 Å². The average Bonchev–Trinajstić information content (AvgIpc) is 2.54. The van der Waals surface area contributed by atoms with E-state index in [1.807, 2.05) is 4.90 Å². The Labute approximate surface area is 112 Å². The van der Waals surface area contributed by atoms with Crippen LogP contribution in [-0.4, -0.2) is 35.6 Å². The summed E-state index contributed by atoms with van der Waals surface area (Å²) in [4.78, 5) is 14.1. The molecule has 1 fully saturated rings. The zero-order chi connectivity index (χ0) is 13.6. The number of hydrogen-bond acceptors (Lipinski definition) is 2. The fourth-order valence-electron chi connectivity index (χ4n) is 2.76. The van der Waals surface area contributed by atoms with Crippen LogP contribution in [0, 0.1) is 11.3 Å². The molecule has 3 nitrogen and oxygen atoms in total. The van der Waals surface area contributed by atoms with E-state index < -0.39 is 0 Å². The summed E-state index contributed by atoms with van der Waals surface area (Å²) >= 11 is 0. The molecule has 1 saturated heterocycles. The monoisotopic (exact) mass is 255 g/mol. The maximum Gasteiger partial charge on any atom is 0.222 e. The molecule has 0 radical (unpaired) electrons. The Bertz CT molecular complexity index is 258. The Hall–Kier alpha value is -0.570. The first-order valence-electron chi connectivity index (χ1n) is 7.34. The molecule has 1 unspecified atom stereocenters. The van der Waals surface area contributed by atoms with Crippen molar-refractivity contribution in [3.63, 3.8) is 0 Å². The summed E-state index contributed by atoms with van der Waals surface area (Å²) < 4.78 is 0. The van der Waals surface area contributed by atoms with Gasteiger partial charge >= 0.3 is 0 Å². The normalized spacial score (nSPS) is 21.8. The van der Waals surface area contributed by atoms with Gasteiger partial charge in [-0.3, -0.25) is 4.79 Å². The number of likely N-dealkylation sites (tertiary alicyclic amines) is 1. The summed E-state index contributed by atoms with van der Waals surface area (Å²) in [5.41, 5.74) is 0.357. The zero-order valence-corrected chi connectivity index (χ0v) is 12.2. The lowest BCUT2D eigenvalue weighted by Gasteiger charge is -2.29. The molecule has 1 N–H and O–H groups in total. The molecule has 0 aromatic carbocycles. The van der Waals surface area contributed by atoms with Crippen LogP contribution >= 0.6 is 0 Å². The number of carbonyl (C=O) groups excluding carboxylic acids is 1. The van der Waals surface area contributed by atoms with Crippen molar-refractivity contribution in [1.82, 2.24) is 4.90 Å². The summed E-state index contributed by atoms with van der Waals surface area (Å²) in [5.74, 6) is 1.01. The van der Waals surface area contributed by atoms with Crippen molar-refractivity contribution in [2.45, 2.75) is 59.3 Å². The lowest BCUT2D eigenvalue weighted by molar-refractivity contribution is -0.131. The van der Waals surface area contributed by atoms with Crippen molar-refractivity contribution < 1.29 is 9.90 Å². The van der Waals surface area contributed by atoms with Gasteiger partial charge < -0.3 is 10.0 Å². The van der Waals surface area contributed by atoms with Gasteiger partial charge in [0.2, 0.25) is 5.91 Å². The van der Waals surface area contributed by atoms with E-state index in [-0.39, 0.29) is 12.5 Å². The molecule has 106 valence electrons. The third-order valence-electron chi connectivity index (χ3n) is 4.10. The average molecular weight is 255 g/mol. The third-order valence-corrected chi connectivity index (χ3v) is 4.10. The summed E-state index contributed by atoms with van der Waals surface area (Å²) in [6, 6.07) is 0. The molecular formula is C15H29NO2. The summed E-state index contributed by atoms with van der Waals surface area (Å²) in [6.45, 7) is 8.94. The van der Waals surface area contributed by atoms with E-state index in [9.17, 15) is 4.79 Å². The predicted octanol–water partition coefficient (Wildman–Crippen LogP) is 2.82. The Morgan fingerprint density at radius 2 is 1.94 bits per heavy atom. The van der Waals surface area contributed by atoms with Gasteiger partial charge in [-0.1, -0.05) is 20.8 Å². The van der Waals surface area contributed by atoms with Crippen molar-refractivity contribution in [2.75, 3.05) is 19.7 Å². The first-order valence-corrected chi connectivity index (χ1v) is 7.34. The number of carbonyl (C=O) groups is 1. The topological polar surface area (TPSA) is 40.5 Å². The van der Waals surface area contributed by atoms with Gasteiger partial charge in [-0.2, -0.15) is 0 Å². The van der Waals surface area contributed by atoms with Gasteiger partial charge in [0.25, 0.3) is 0 Å². The number of amides is 1. The molecule has 3 heteroatoms. The van der Waals surface area contributed by atoms with Gasteiger partial charge in [0.05, 0.1) is 0 Å². The van der Waals surface area contributed by atoms with Crippen LogP contribution in [-0.2, 0) is 4.79 Å². The molecule has 0 aromatic rings. The zero-order valence-electron chi connectivity index (χ0n) is 12.2. The first-order chi connectivity index (χ1) is 8.45. The second kappa shape index (κ2) is 7.13. The van der Waals surface area contributed by atoms with Gasteiger partial charge in [-0.15, -0.1) is 0 Å². The minimum absolute atomic E-state index is 0.194. The number of unbranched alkanes of at least 4 members (excludes halogenated alkanes) is 1. The summed E-state index contributed by atoms with van der Waals surface area (Å²) in [6.07, 6.45) is 5.66. The van der Waals surface area contributed by atoms with Gasteiger partial charge in [0.1, 0.15) is 0 Å². The Morgan fingerprint density at radius 1 is 1.22 bits per heavy atom. The van der Waals surface area contributed by atoms with E-state index in [4.69, 9.17) is 5.11 Å². The molecule has 0 spiro atoms. The van der Waals surface area contributed by atoms with Crippen molar-refractivity contribution >= 4 is 5.91 Å². The molecule has 1 rings (SSSR count). The standard InChI is InChI=1S/C15H29NO2/c1-15(2,3)13-7-6-10-16(11-9-13)14(18)8-4-5-12-17/h13,17H,4-12H2,1-3H3. The molecule has 0 aliphatic carbocycles. The molecule has 1 aliphatic rings. The quantitative estimate of drug-likeness (QED) is 0.785. The smallest absolute Gasteiger partial charge is 0.222 e. The summed E-state index contributed by atoms with van der Waals surface area (Å²) in [7, 11) is 0. The number of aliphatic hydroxyl groups excluding tert-OH is 1. The van der Waals surface area contributed by atoms with Crippen LogP contribution in [0.2, 0.25) is 0 Å². The number of hydrogen-bond donors (Lipinski definition) is 1. The largest absolute Gasteiger partial charge is 0.396 e. The highest BCUT2D eigenvalue weighted by molar-refractivity contribution is 5.76. The van der Waals surface area contributed by atoms with Crippen LogP contribution in [0.25, 0.3) is 0 Å². The van der Waals surface area contributed by atoms with Crippen molar-refractivity contribution in [3.05, 3.63) is 0 Å². The molecule has 1 atom stereocenters. The van der Waals surface area contributed by atoms with Crippen LogP contribution in [0.4, 0.5) is 0 Å². The lowest BCUT2D eigenvalue weighted by Crippen LogP contribution is -2.32. The molecule has 1 heterocycles. The fourth-order valence-corrected chi connectivity index (χ4v) is 2.76. The Morgan fingerprint density at radius 3 is 2.56 bits per heavy atom.